The Morgan fingerprint density at radius 3 is 2.54 bits per heavy atom. The Labute approximate surface area is 204 Å². The molecule has 2 heterocycles. The van der Waals surface area contributed by atoms with Gasteiger partial charge in [0.05, 0.1) is 30.6 Å². The fourth-order valence-corrected chi connectivity index (χ4v) is 4.14. The molecule has 9 heteroatoms. The van der Waals surface area contributed by atoms with Crippen molar-refractivity contribution in [3.8, 4) is 0 Å². The number of nitrogens with one attached hydrogen (secondary N) is 2. The zero-order chi connectivity index (χ0) is 25.2. The van der Waals surface area contributed by atoms with Crippen molar-refractivity contribution in [1.29, 1.82) is 0 Å². The van der Waals surface area contributed by atoms with Gasteiger partial charge in [0.15, 0.2) is 0 Å². The van der Waals surface area contributed by atoms with Gasteiger partial charge in [0.1, 0.15) is 6.54 Å². The van der Waals surface area contributed by atoms with Crippen molar-refractivity contribution in [2.45, 2.75) is 45.7 Å². The third kappa shape index (κ3) is 5.67. The first kappa shape index (κ1) is 24.8. The fraction of sp³-hybridized carbons (Fsp3) is 0.462. The van der Waals surface area contributed by atoms with Gasteiger partial charge in [-0.25, -0.2) is 0 Å². The minimum atomic E-state index is -0.588. The maximum Gasteiger partial charge on any atom is 0.251 e. The van der Waals surface area contributed by atoms with Crippen molar-refractivity contribution >= 4 is 29.1 Å². The molecule has 2 aliphatic rings. The summed E-state index contributed by atoms with van der Waals surface area (Å²) in [5.41, 5.74) is 1.92. The molecular weight excluding hydrogens is 449 g/mol. The minimum Gasteiger partial charge on any atom is -0.346 e. The lowest BCUT2D eigenvalue weighted by atomic mass is 9.96. The molecule has 3 amide bonds. The second kappa shape index (κ2) is 10.1. The summed E-state index contributed by atoms with van der Waals surface area (Å²) in [5.74, 6) is -0.712. The second-order valence-corrected chi connectivity index (χ2v) is 10.1. The first-order chi connectivity index (χ1) is 16.7. The van der Waals surface area contributed by atoms with Crippen LogP contribution in [0.3, 0.4) is 0 Å². The van der Waals surface area contributed by atoms with Gasteiger partial charge in [0.25, 0.3) is 5.91 Å². The lowest BCUT2D eigenvalue weighted by molar-refractivity contribution is -0.122. The molecule has 1 saturated carbocycles. The summed E-state index contributed by atoms with van der Waals surface area (Å²) < 4.78 is 13.1. The summed E-state index contributed by atoms with van der Waals surface area (Å²) in [6.07, 6.45) is 5.19. The number of rotatable bonds is 9. The predicted octanol–water partition coefficient (Wildman–Crippen LogP) is 3.00. The van der Waals surface area contributed by atoms with E-state index in [4.69, 9.17) is 0 Å². The number of halogens is 1. The second-order valence-electron chi connectivity index (χ2n) is 10.1. The standard InChI is InChI=1S/C26H32FN5O3/c1-17(18-8-10-28-11-9-18)30-25(35)19-4-7-21-22(12-19)31(14-24(34)32(21)20-5-6-20)23(33)13-29-16-26(2,3)15-27/h4,7-12,17,20,29H,5-6,13-16H2,1-3H3,(H,30,35). The highest BCUT2D eigenvalue weighted by Crippen LogP contribution is 2.41. The van der Waals surface area contributed by atoms with Crippen LogP contribution in [0.4, 0.5) is 15.8 Å². The smallest absolute Gasteiger partial charge is 0.251 e. The zero-order valence-electron chi connectivity index (χ0n) is 20.4. The molecule has 35 heavy (non-hydrogen) atoms. The molecule has 2 N–H and O–H groups in total. The zero-order valence-corrected chi connectivity index (χ0v) is 20.4. The number of hydrogen-bond acceptors (Lipinski definition) is 5. The van der Waals surface area contributed by atoms with Gasteiger partial charge in [0, 0.05) is 36.0 Å². The number of fused-ring (bicyclic) bond motifs is 1. The molecule has 1 aromatic carbocycles. The topological polar surface area (TPSA) is 94.6 Å². The number of amides is 3. The first-order valence-corrected chi connectivity index (χ1v) is 11.9. The van der Waals surface area contributed by atoms with Crippen molar-refractivity contribution in [2.24, 2.45) is 5.41 Å². The highest BCUT2D eigenvalue weighted by Gasteiger charge is 2.40. The molecule has 0 radical (unpaired) electrons. The van der Waals surface area contributed by atoms with Gasteiger partial charge in [0.2, 0.25) is 11.8 Å². The van der Waals surface area contributed by atoms with Crippen LogP contribution >= 0.6 is 0 Å². The normalized spacial score (nSPS) is 16.6. The summed E-state index contributed by atoms with van der Waals surface area (Å²) in [6.45, 7) is 5.13. The molecular formula is C26H32FN5O3. The van der Waals surface area contributed by atoms with Crippen LogP contribution in [0.15, 0.2) is 42.7 Å². The van der Waals surface area contributed by atoms with Crippen molar-refractivity contribution in [2.75, 3.05) is 36.1 Å². The minimum absolute atomic E-state index is 0.0327. The summed E-state index contributed by atoms with van der Waals surface area (Å²) >= 11 is 0. The van der Waals surface area contributed by atoms with Crippen LogP contribution in [-0.2, 0) is 9.59 Å². The average molecular weight is 482 g/mol. The van der Waals surface area contributed by atoms with Crippen molar-refractivity contribution < 1.29 is 18.8 Å². The molecule has 0 spiro atoms. The Bertz CT molecular complexity index is 1100. The SMILES string of the molecule is CC(NC(=O)c1ccc2c(c1)N(C(=O)CNCC(C)(C)CF)CC(=O)N2C1CC1)c1ccncc1. The molecule has 4 rings (SSSR count). The van der Waals surface area contributed by atoms with E-state index in [1.807, 2.05) is 19.1 Å². The number of benzene rings is 1. The van der Waals surface area contributed by atoms with Crippen molar-refractivity contribution in [3.05, 3.63) is 53.9 Å². The van der Waals surface area contributed by atoms with Gasteiger partial charge in [-0.3, -0.25) is 28.7 Å². The Morgan fingerprint density at radius 2 is 1.89 bits per heavy atom. The van der Waals surface area contributed by atoms with Crippen LogP contribution in [0.1, 0.15) is 55.6 Å². The first-order valence-electron chi connectivity index (χ1n) is 11.9. The predicted molar refractivity (Wildman–Crippen MR) is 132 cm³/mol. The van der Waals surface area contributed by atoms with E-state index < -0.39 is 12.1 Å². The molecule has 2 aromatic rings. The fourth-order valence-electron chi connectivity index (χ4n) is 4.14. The van der Waals surface area contributed by atoms with E-state index in [-0.39, 0.29) is 42.9 Å². The maximum atomic E-state index is 13.1. The van der Waals surface area contributed by atoms with Crippen LogP contribution in [0.5, 0.6) is 0 Å². The van der Waals surface area contributed by atoms with Crippen molar-refractivity contribution in [1.82, 2.24) is 15.6 Å². The molecule has 1 aliphatic heterocycles. The maximum absolute atomic E-state index is 13.1. The molecule has 1 unspecified atom stereocenters. The molecule has 186 valence electrons. The average Bonchev–Trinajstić information content (AvgIpc) is 3.68. The summed E-state index contributed by atoms with van der Waals surface area (Å²) in [5, 5.41) is 5.98. The lowest BCUT2D eigenvalue weighted by Gasteiger charge is -2.37. The van der Waals surface area contributed by atoms with Gasteiger partial charge < -0.3 is 15.5 Å². The molecule has 1 aliphatic carbocycles. The Balaban J connectivity index is 1.56. The van der Waals surface area contributed by atoms with E-state index in [1.54, 1.807) is 49.3 Å². The van der Waals surface area contributed by atoms with Crippen LogP contribution in [-0.4, -0.2) is 55.1 Å². The van der Waals surface area contributed by atoms with E-state index in [9.17, 15) is 18.8 Å². The highest BCUT2D eigenvalue weighted by molar-refractivity contribution is 6.13. The number of carbonyl (C=O) groups is 3. The Morgan fingerprint density at radius 1 is 1.17 bits per heavy atom. The third-order valence-electron chi connectivity index (χ3n) is 6.36. The summed E-state index contributed by atoms with van der Waals surface area (Å²) in [7, 11) is 0. The number of anilines is 2. The van der Waals surface area contributed by atoms with E-state index in [1.165, 1.54) is 4.90 Å². The van der Waals surface area contributed by atoms with E-state index >= 15 is 0 Å². The highest BCUT2D eigenvalue weighted by atomic mass is 19.1. The number of aromatic nitrogens is 1. The molecule has 8 nitrogen and oxygen atoms in total. The Hall–Kier alpha value is -3.33. The molecule has 1 fully saturated rings. The lowest BCUT2D eigenvalue weighted by Crippen LogP contribution is -2.51. The summed E-state index contributed by atoms with van der Waals surface area (Å²) in [6, 6.07) is 8.70. The van der Waals surface area contributed by atoms with Gasteiger partial charge in [-0.2, -0.15) is 0 Å². The Kier molecular flexibility index (Phi) is 7.16. The van der Waals surface area contributed by atoms with Crippen LogP contribution in [0.2, 0.25) is 0 Å². The number of carbonyl (C=O) groups excluding carboxylic acids is 3. The number of nitrogens with zero attached hydrogens (tertiary/aromatic N) is 3. The van der Waals surface area contributed by atoms with Gasteiger partial charge in [-0.15, -0.1) is 0 Å². The van der Waals surface area contributed by atoms with Crippen LogP contribution in [0, 0.1) is 5.41 Å². The van der Waals surface area contributed by atoms with Gasteiger partial charge >= 0.3 is 0 Å². The van der Waals surface area contributed by atoms with Gasteiger partial charge in [-0.05, 0) is 55.7 Å². The van der Waals surface area contributed by atoms with Crippen LogP contribution < -0.4 is 20.4 Å². The monoisotopic (exact) mass is 481 g/mol. The van der Waals surface area contributed by atoms with Crippen LogP contribution in [0.25, 0.3) is 0 Å². The largest absolute Gasteiger partial charge is 0.346 e. The van der Waals surface area contributed by atoms with Crippen molar-refractivity contribution in [3.63, 3.8) is 0 Å². The molecule has 0 saturated heterocycles. The van der Waals surface area contributed by atoms with E-state index in [0.29, 0.717) is 23.5 Å². The number of hydrogen-bond donors (Lipinski definition) is 2. The molecule has 1 atom stereocenters. The molecule has 1 aromatic heterocycles. The van der Waals surface area contributed by atoms with E-state index in [0.717, 1.165) is 18.4 Å². The summed E-state index contributed by atoms with van der Waals surface area (Å²) in [4.78, 5) is 46.3. The number of alkyl halides is 1. The molecule has 0 bridgehead atoms. The number of pyridine rings is 1. The van der Waals surface area contributed by atoms with E-state index in [2.05, 4.69) is 15.6 Å². The van der Waals surface area contributed by atoms with Gasteiger partial charge in [-0.1, -0.05) is 13.8 Å². The third-order valence-corrected chi connectivity index (χ3v) is 6.36. The quantitative estimate of drug-likeness (QED) is 0.574.